The maximum absolute atomic E-state index is 11.7. The van der Waals surface area contributed by atoms with Gasteiger partial charge < -0.3 is 9.64 Å². The summed E-state index contributed by atoms with van der Waals surface area (Å²) in [4.78, 5) is 13.6. The van der Waals surface area contributed by atoms with Crippen LogP contribution < -0.4 is 4.74 Å². The van der Waals surface area contributed by atoms with E-state index in [-0.39, 0.29) is 11.3 Å². The van der Waals surface area contributed by atoms with E-state index in [0.29, 0.717) is 6.61 Å². The molecule has 2 aromatic rings. The van der Waals surface area contributed by atoms with Gasteiger partial charge in [0.1, 0.15) is 17.7 Å². The molecule has 0 N–H and O–H groups in total. The van der Waals surface area contributed by atoms with E-state index in [1.165, 1.54) is 0 Å². The van der Waals surface area contributed by atoms with Gasteiger partial charge in [0.25, 0.3) is 0 Å². The molecule has 114 valence electrons. The third-order valence-corrected chi connectivity index (χ3v) is 4.95. The Balaban J connectivity index is 1.71. The van der Waals surface area contributed by atoms with Crippen molar-refractivity contribution < 1.29 is 9.53 Å². The van der Waals surface area contributed by atoms with Gasteiger partial charge in [0.05, 0.1) is 0 Å². The molecule has 0 unspecified atom stereocenters. The molecule has 3 nitrogen and oxygen atoms in total. The predicted octanol–water partition coefficient (Wildman–Crippen LogP) is 3.86. The highest BCUT2D eigenvalue weighted by Crippen LogP contribution is 2.38. The van der Waals surface area contributed by atoms with Gasteiger partial charge >= 0.3 is 0 Å². The molecule has 1 heterocycles. The average molecular weight is 313 g/mol. The number of thioether (sulfide) groups is 1. The summed E-state index contributed by atoms with van der Waals surface area (Å²) >= 11 is 1.80. The van der Waals surface area contributed by atoms with E-state index in [4.69, 9.17) is 4.74 Å². The number of carbonyl (C=O) groups excluding carboxylic acids is 1. The quantitative estimate of drug-likeness (QED) is 0.858. The molecule has 1 aliphatic heterocycles. The number of carbonyl (C=O) groups is 1. The third-order valence-electron chi connectivity index (χ3n) is 3.69. The summed E-state index contributed by atoms with van der Waals surface area (Å²) in [6, 6.07) is 18.2. The second-order valence-electron chi connectivity index (χ2n) is 5.28. The van der Waals surface area contributed by atoms with Gasteiger partial charge in [-0.3, -0.25) is 4.79 Å². The molecule has 1 fully saturated rings. The Morgan fingerprint density at radius 1 is 1.23 bits per heavy atom. The van der Waals surface area contributed by atoms with Gasteiger partial charge in [-0.25, -0.2) is 0 Å². The molecule has 3 rings (SSSR count). The van der Waals surface area contributed by atoms with Crippen LogP contribution in [0.3, 0.4) is 0 Å². The summed E-state index contributed by atoms with van der Waals surface area (Å²) in [5.74, 6) is 1.96. The fraction of sp³-hybridized carbons (Fsp3) is 0.278. The van der Waals surface area contributed by atoms with Gasteiger partial charge in [-0.05, 0) is 23.3 Å². The fourth-order valence-corrected chi connectivity index (χ4v) is 3.87. The minimum atomic E-state index is 0.109. The van der Waals surface area contributed by atoms with Crippen molar-refractivity contribution in [1.29, 1.82) is 0 Å². The molecule has 1 aliphatic rings. The van der Waals surface area contributed by atoms with Crippen molar-refractivity contribution in [2.24, 2.45) is 0 Å². The standard InChI is InChI=1S/C18H19NO2S/c1-14(20)19-10-11-22-18(19)16-8-5-9-17(12-16)21-13-15-6-3-2-4-7-15/h2-9,12,18H,10-11,13H2,1H3/t18-/m1/s1. The molecule has 0 radical (unpaired) electrons. The van der Waals surface area contributed by atoms with Crippen LogP contribution in [0.25, 0.3) is 0 Å². The maximum atomic E-state index is 11.7. The van der Waals surface area contributed by atoms with Crippen molar-refractivity contribution in [3.8, 4) is 5.75 Å². The molecule has 22 heavy (non-hydrogen) atoms. The van der Waals surface area contributed by atoms with E-state index in [1.54, 1.807) is 18.7 Å². The predicted molar refractivity (Wildman–Crippen MR) is 89.8 cm³/mol. The monoisotopic (exact) mass is 313 g/mol. The van der Waals surface area contributed by atoms with Crippen molar-refractivity contribution in [1.82, 2.24) is 4.90 Å². The van der Waals surface area contributed by atoms with Gasteiger partial charge in [0, 0.05) is 19.2 Å². The Bertz CT molecular complexity index is 645. The van der Waals surface area contributed by atoms with Crippen molar-refractivity contribution in [2.45, 2.75) is 18.9 Å². The van der Waals surface area contributed by atoms with Gasteiger partial charge in [-0.2, -0.15) is 0 Å². The largest absolute Gasteiger partial charge is 0.489 e. The van der Waals surface area contributed by atoms with Crippen LogP contribution in [-0.2, 0) is 11.4 Å². The lowest BCUT2D eigenvalue weighted by Crippen LogP contribution is -2.27. The van der Waals surface area contributed by atoms with Crippen LogP contribution in [0.1, 0.15) is 23.4 Å². The van der Waals surface area contributed by atoms with E-state index in [0.717, 1.165) is 29.2 Å². The molecule has 0 bridgehead atoms. The summed E-state index contributed by atoms with van der Waals surface area (Å²) < 4.78 is 5.88. The maximum Gasteiger partial charge on any atom is 0.220 e. The molecule has 0 saturated carbocycles. The minimum Gasteiger partial charge on any atom is -0.489 e. The topological polar surface area (TPSA) is 29.5 Å². The van der Waals surface area contributed by atoms with Crippen LogP contribution in [0.15, 0.2) is 54.6 Å². The highest BCUT2D eigenvalue weighted by Gasteiger charge is 2.28. The zero-order valence-corrected chi connectivity index (χ0v) is 13.4. The van der Waals surface area contributed by atoms with Gasteiger partial charge in [0.15, 0.2) is 0 Å². The summed E-state index contributed by atoms with van der Waals surface area (Å²) in [6.07, 6.45) is 0. The fourth-order valence-electron chi connectivity index (χ4n) is 2.57. The first-order chi connectivity index (χ1) is 10.7. The van der Waals surface area contributed by atoms with Gasteiger partial charge in [-0.1, -0.05) is 42.5 Å². The Labute approximate surface area is 135 Å². The zero-order chi connectivity index (χ0) is 15.4. The Kier molecular flexibility index (Phi) is 4.68. The lowest BCUT2D eigenvalue weighted by atomic mass is 10.2. The molecule has 4 heteroatoms. The van der Waals surface area contributed by atoms with Crippen LogP contribution in [0.2, 0.25) is 0 Å². The molecule has 0 aromatic heterocycles. The van der Waals surface area contributed by atoms with Crippen molar-refractivity contribution in [2.75, 3.05) is 12.3 Å². The molecular formula is C18H19NO2S. The number of rotatable bonds is 4. The second-order valence-corrected chi connectivity index (χ2v) is 6.47. The molecule has 1 saturated heterocycles. The summed E-state index contributed by atoms with van der Waals surface area (Å²) in [5, 5.41) is 0.109. The molecule has 2 aromatic carbocycles. The van der Waals surface area contributed by atoms with Gasteiger partial charge in [-0.15, -0.1) is 11.8 Å². The van der Waals surface area contributed by atoms with Crippen LogP contribution in [0.4, 0.5) is 0 Å². The number of benzene rings is 2. The van der Waals surface area contributed by atoms with E-state index in [9.17, 15) is 4.79 Å². The van der Waals surface area contributed by atoms with E-state index >= 15 is 0 Å². The molecule has 0 aliphatic carbocycles. The first kappa shape index (κ1) is 15.0. The number of hydrogen-bond donors (Lipinski definition) is 0. The molecule has 0 spiro atoms. The van der Waals surface area contributed by atoms with Crippen LogP contribution in [0, 0.1) is 0 Å². The van der Waals surface area contributed by atoms with Crippen LogP contribution in [-0.4, -0.2) is 23.1 Å². The first-order valence-corrected chi connectivity index (χ1v) is 8.44. The summed E-state index contributed by atoms with van der Waals surface area (Å²) in [6.45, 7) is 3.01. The Morgan fingerprint density at radius 3 is 2.82 bits per heavy atom. The first-order valence-electron chi connectivity index (χ1n) is 7.39. The lowest BCUT2D eigenvalue weighted by molar-refractivity contribution is -0.128. The van der Waals surface area contributed by atoms with Gasteiger partial charge in [0.2, 0.25) is 5.91 Å². The van der Waals surface area contributed by atoms with E-state index in [1.807, 2.05) is 53.4 Å². The number of nitrogens with zero attached hydrogens (tertiary/aromatic N) is 1. The molecule has 1 atom stereocenters. The normalized spacial score (nSPS) is 17.5. The molecular weight excluding hydrogens is 294 g/mol. The van der Waals surface area contributed by atoms with Crippen molar-refractivity contribution >= 4 is 17.7 Å². The Morgan fingerprint density at radius 2 is 2.05 bits per heavy atom. The second kappa shape index (κ2) is 6.88. The highest BCUT2D eigenvalue weighted by molar-refractivity contribution is 7.99. The highest BCUT2D eigenvalue weighted by atomic mass is 32.2. The summed E-state index contributed by atoms with van der Waals surface area (Å²) in [7, 11) is 0. The van der Waals surface area contributed by atoms with E-state index < -0.39 is 0 Å². The third kappa shape index (κ3) is 3.45. The Hall–Kier alpha value is -1.94. The number of amides is 1. The van der Waals surface area contributed by atoms with Crippen molar-refractivity contribution in [3.05, 3.63) is 65.7 Å². The molecule has 1 amide bonds. The van der Waals surface area contributed by atoms with Crippen molar-refractivity contribution in [3.63, 3.8) is 0 Å². The number of ether oxygens (including phenoxy) is 1. The van der Waals surface area contributed by atoms with Crippen LogP contribution in [0.5, 0.6) is 5.75 Å². The lowest BCUT2D eigenvalue weighted by Gasteiger charge is -2.23. The number of hydrogen-bond acceptors (Lipinski definition) is 3. The van der Waals surface area contributed by atoms with E-state index in [2.05, 4.69) is 6.07 Å². The zero-order valence-electron chi connectivity index (χ0n) is 12.6. The SMILES string of the molecule is CC(=O)N1CCS[C@@H]1c1cccc(OCc2ccccc2)c1. The minimum absolute atomic E-state index is 0.109. The summed E-state index contributed by atoms with van der Waals surface area (Å²) in [5.41, 5.74) is 2.27. The average Bonchev–Trinajstić information content (AvgIpc) is 3.04. The smallest absolute Gasteiger partial charge is 0.220 e. The van der Waals surface area contributed by atoms with Crippen LogP contribution >= 0.6 is 11.8 Å².